The summed E-state index contributed by atoms with van der Waals surface area (Å²) in [6, 6.07) is 2.54. The van der Waals surface area contributed by atoms with Crippen LogP contribution in [0.5, 0.6) is 5.75 Å². The van der Waals surface area contributed by atoms with Crippen molar-refractivity contribution in [3.05, 3.63) is 24.0 Å². The Hall–Kier alpha value is -1.03. The molecule has 0 saturated carbocycles. The Morgan fingerprint density at radius 3 is 2.57 bits per heavy atom. The highest BCUT2D eigenvalue weighted by atomic mass is 35.5. The summed E-state index contributed by atoms with van der Waals surface area (Å²) in [5.41, 5.74) is 5.84. The molecule has 1 aromatic rings. The number of sulfonamides is 1. The molecule has 2 unspecified atom stereocenters. The van der Waals surface area contributed by atoms with Gasteiger partial charge in [-0.3, -0.25) is 0 Å². The van der Waals surface area contributed by atoms with E-state index in [0.29, 0.717) is 12.5 Å². The topological polar surface area (TPSA) is 72.6 Å². The molecule has 0 aliphatic carbocycles. The van der Waals surface area contributed by atoms with Gasteiger partial charge in [0.25, 0.3) is 0 Å². The molecule has 0 radical (unpaired) electrons. The van der Waals surface area contributed by atoms with Gasteiger partial charge in [-0.2, -0.15) is 13.1 Å². The average Bonchev–Trinajstić information content (AvgIpc) is 2.43. The molecule has 0 spiro atoms. The molecule has 2 N–H and O–H groups in total. The highest BCUT2D eigenvalue weighted by Crippen LogP contribution is 2.27. The van der Waals surface area contributed by atoms with Gasteiger partial charge in [0.2, 0.25) is 10.0 Å². The Balaban J connectivity index is 0.00000264. The third-order valence-corrected chi connectivity index (χ3v) is 5.55. The first-order chi connectivity index (χ1) is 10.2. The SMILES string of the molecule is CC1CN(S(=O)(=O)c2ccc(OC(F)F)c(F)c2)CCC1N.Cl. The lowest BCUT2D eigenvalue weighted by Crippen LogP contribution is -2.48. The van der Waals surface area contributed by atoms with Gasteiger partial charge in [-0.05, 0) is 30.5 Å². The van der Waals surface area contributed by atoms with E-state index in [1.54, 1.807) is 0 Å². The van der Waals surface area contributed by atoms with Crippen LogP contribution in [-0.2, 0) is 10.0 Å². The van der Waals surface area contributed by atoms with Crippen molar-refractivity contribution in [2.45, 2.75) is 30.9 Å². The first kappa shape index (κ1) is 20.0. The minimum Gasteiger partial charge on any atom is -0.432 e. The van der Waals surface area contributed by atoms with E-state index < -0.39 is 28.2 Å². The van der Waals surface area contributed by atoms with Crippen LogP contribution >= 0.6 is 12.4 Å². The zero-order valence-corrected chi connectivity index (χ0v) is 13.9. The van der Waals surface area contributed by atoms with Gasteiger partial charge in [-0.25, -0.2) is 12.8 Å². The van der Waals surface area contributed by atoms with Gasteiger partial charge in [0.1, 0.15) is 0 Å². The lowest BCUT2D eigenvalue weighted by Gasteiger charge is -2.34. The molecule has 1 aliphatic heterocycles. The molecule has 2 atom stereocenters. The molecule has 132 valence electrons. The largest absolute Gasteiger partial charge is 0.432 e. The maximum atomic E-state index is 13.7. The summed E-state index contributed by atoms with van der Waals surface area (Å²) in [4.78, 5) is -0.297. The van der Waals surface area contributed by atoms with Crippen LogP contribution in [0.15, 0.2) is 23.1 Å². The number of benzene rings is 1. The van der Waals surface area contributed by atoms with Crippen LogP contribution in [0.4, 0.5) is 13.2 Å². The second kappa shape index (κ2) is 7.69. The second-order valence-corrected chi connectivity index (χ2v) is 7.20. The third-order valence-electron chi connectivity index (χ3n) is 3.69. The summed E-state index contributed by atoms with van der Waals surface area (Å²) >= 11 is 0. The van der Waals surface area contributed by atoms with Crippen LogP contribution in [0.25, 0.3) is 0 Å². The fourth-order valence-electron chi connectivity index (χ4n) is 2.33. The molecule has 5 nitrogen and oxygen atoms in total. The van der Waals surface area contributed by atoms with Crippen LogP contribution in [0.3, 0.4) is 0 Å². The fourth-order valence-corrected chi connectivity index (χ4v) is 3.89. The Kier molecular flexibility index (Phi) is 6.70. The molecule has 0 amide bonds. The number of hydrogen-bond donors (Lipinski definition) is 1. The number of hydrogen-bond acceptors (Lipinski definition) is 4. The van der Waals surface area contributed by atoms with Crippen molar-refractivity contribution in [3.63, 3.8) is 0 Å². The zero-order valence-electron chi connectivity index (χ0n) is 12.3. The number of piperidine rings is 1. The van der Waals surface area contributed by atoms with E-state index in [-0.39, 0.29) is 42.4 Å². The maximum absolute atomic E-state index is 13.7. The molecule has 1 aliphatic rings. The van der Waals surface area contributed by atoms with Crippen molar-refractivity contribution in [3.8, 4) is 5.75 Å². The number of rotatable bonds is 4. The molecule has 2 rings (SSSR count). The summed E-state index contributed by atoms with van der Waals surface area (Å²) in [5.74, 6) is -1.86. The van der Waals surface area contributed by atoms with Crippen LogP contribution in [-0.4, -0.2) is 38.5 Å². The van der Waals surface area contributed by atoms with Gasteiger partial charge in [-0.1, -0.05) is 6.92 Å². The molecule has 10 heteroatoms. The van der Waals surface area contributed by atoms with Gasteiger partial charge >= 0.3 is 6.61 Å². The number of nitrogens with two attached hydrogens (primary N) is 1. The molecule has 1 heterocycles. The monoisotopic (exact) mass is 374 g/mol. The fraction of sp³-hybridized carbons (Fsp3) is 0.538. The zero-order chi connectivity index (χ0) is 16.5. The molecule has 1 fully saturated rings. The van der Waals surface area contributed by atoms with Crippen molar-refractivity contribution in [1.82, 2.24) is 4.31 Å². The smallest absolute Gasteiger partial charge is 0.387 e. The summed E-state index contributed by atoms with van der Waals surface area (Å²) in [5, 5.41) is 0. The van der Waals surface area contributed by atoms with Crippen molar-refractivity contribution >= 4 is 22.4 Å². The Bertz CT molecular complexity index is 645. The van der Waals surface area contributed by atoms with E-state index in [1.807, 2.05) is 6.92 Å². The van der Waals surface area contributed by atoms with Crippen LogP contribution < -0.4 is 10.5 Å². The predicted octanol–water partition coefficient (Wildman–Crippen LogP) is 2.21. The standard InChI is InChI=1S/C13H17F3N2O3S.ClH/c1-8-7-18(5-4-11(8)17)22(19,20)9-2-3-12(10(14)6-9)21-13(15)16;/h2-3,6,8,11,13H,4-5,7,17H2,1H3;1H. The third kappa shape index (κ3) is 4.50. The maximum Gasteiger partial charge on any atom is 0.387 e. The lowest BCUT2D eigenvalue weighted by atomic mass is 9.96. The van der Waals surface area contributed by atoms with Gasteiger partial charge in [0, 0.05) is 19.1 Å². The summed E-state index contributed by atoms with van der Waals surface area (Å²) < 4.78 is 67.9. The summed E-state index contributed by atoms with van der Waals surface area (Å²) in [6.45, 7) is -0.862. The van der Waals surface area contributed by atoms with Crippen molar-refractivity contribution < 1.29 is 26.3 Å². The van der Waals surface area contributed by atoms with Crippen molar-refractivity contribution in [2.24, 2.45) is 11.7 Å². The van der Waals surface area contributed by atoms with Gasteiger partial charge in [0.05, 0.1) is 4.90 Å². The number of ether oxygens (including phenoxy) is 1. The van der Waals surface area contributed by atoms with Crippen molar-refractivity contribution in [1.29, 1.82) is 0 Å². The van der Waals surface area contributed by atoms with Crippen LogP contribution in [0, 0.1) is 11.7 Å². The molecule has 0 bridgehead atoms. The normalized spacial score (nSPS) is 22.7. The van der Waals surface area contributed by atoms with Gasteiger partial charge in [-0.15, -0.1) is 12.4 Å². The van der Waals surface area contributed by atoms with Crippen molar-refractivity contribution in [2.75, 3.05) is 13.1 Å². The minimum atomic E-state index is -3.89. The molecule has 1 aromatic carbocycles. The van der Waals surface area contributed by atoms with Crippen LogP contribution in [0.2, 0.25) is 0 Å². The highest BCUT2D eigenvalue weighted by molar-refractivity contribution is 7.89. The number of nitrogens with zero attached hydrogens (tertiary/aromatic N) is 1. The first-order valence-corrected chi connectivity index (χ1v) is 8.16. The molecule has 23 heavy (non-hydrogen) atoms. The molecular weight excluding hydrogens is 357 g/mol. The molecule has 1 saturated heterocycles. The lowest BCUT2D eigenvalue weighted by molar-refractivity contribution is -0.0522. The number of alkyl halides is 2. The van der Waals surface area contributed by atoms with E-state index in [4.69, 9.17) is 5.73 Å². The van der Waals surface area contributed by atoms with E-state index in [2.05, 4.69) is 4.74 Å². The summed E-state index contributed by atoms with van der Waals surface area (Å²) in [7, 11) is -3.89. The van der Waals surface area contributed by atoms with Gasteiger partial charge < -0.3 is 10.5 Å². The number of halogens is 4. The van der Waals surface area contributed by atoms with E-state index in [0.717, 1.165) is 12.1 Å². The quantitative estimate of drug-likeness (QED) is 0.877. The van der Waals surface area contributed by atoms with Crippen LogP contribution in [0.1, 0.15) is 13.3 Å². The second-order valence-electron chi connectivity index (χ2n) is 5.26. The minimum absolute atomic E-state index is 0. The average molecular weight is 375 g/mol. The first-order valence-electron chi connectivity index (χ1n) is 6.72. The Morgan fingerprint density at radius 2 is 2.04 bits per heavy atom. The highest BCUT2D eigenvalue weighted by Gasteiger charge is 2.32. The van der Waals surface area contributed by atoms with E-state index >= 15 is 0 Å². The molecule has 0 aromatic heterocycles. The Morgan fingerprint density at radius 1 is 1.39 bits per heavy atom. The van der Waals surface area contributed by atoms with Gasteiger partial charge in [0.15, 0.2) is 11.6 Å². The predicted molar refractivity (Wildman–Crippen MR) is 80.8 cm³/mol. The Labute approximate surface area is 139 Å². The summed E-state index contributed by atoms with van der Waals surface area (Å²) in [6.07, 6.45) is 0.509. The van der Waals surface area contributed by atoms with E-state index in [9.17, 15) is 21.6 Å². The van der Waals surface area contributed by atoms with E-state index in [1.165, 1.54) is 4.31 Å². The molecular formula is C13H18ClF3N2O3S.